The van der Waals surface area contributed by atoms with Gasteiger partial charge in [0.25, 0.3) is 5.88 Å². The summed E-state index contributed by atoms with van der Waals surface area (Å²) in [6, 6.07) is 11.3. The van der Waals surface area contributed by atoms with Crippen LogP contribution in [-0.2, 0) is 38.1 Å². The molecule has 0 atom stereocenters. The summed E-state index contributed by atoms with van der Waals surface area (Å²) in [4.78, 5) is 36.1. The molecule has 2 aliphatic heterocycles. The molecule has 1 fully saturated rings. The number of hydrogen-bond donors (Lipinski definition) is 1. The van der Waals surface area contributed by atoms with E-state index in [9.17, 15) is 18.4 Å². The monoisotopic (exact) mass is 578 g/mol. The van der Waals surface area contributed by atoms with E-state index in [2.05, 4.69) is 32.3 Å². The maximum Gasteiger partial charge on any atom is 0.329 e. The van der Waals surface area contributed by atoms with Crippen molar-refractivity contribution in [3.63, 3.8) is 0 Å². The number of rotatable bonds is 7. The van der Waals surface area contributed by atoms with Crippen LogP contribution in [0.3, 0.4) is 0 Å². The number of anilines is 1. The van der Waals surface area contributed by atoms with E-state index in [1.165, 1.54) is 23.1 Å². The molecular weight excluding hydrogens is 554 g/mol. The molecule has 12 heteroatoms. The summed E-state index contributed by atoms with van der Waals surface area (Å²) in [5, 5.41) is 2.54. The number of amides is 3. The van der Waals surface area contributed by atoms with Crippen molar-refractivity contribution in [1.82, 2.24) is 24.8 Å². The number of carbonyl (C=O) groups excluding carboxylic acids is 2. The number of halogens is 3. The zero-order chi connectivity index (χ0) is 28.7. The van der Waals surface area contributed by atoms with Crippen molar-refractivity contribution < 1.29 is 23.1 Å². The standard InChI is InChI=1S/C29H25ClF2N6O3/c1-36-26(38-8-7-25(39)35-29(38)40)12-33-27(36)18-5-6-19-14-37(15-20(19)10-18)13-17-9-24(32)28(34-11-17)41-16-21-22(30)3-2-4-23(21)31/h2-6,9-12H,7-8,13-16H2,1H3,(H,35,39,40). The predicted octanol–water partition coefficient (Wildman–Crippen LogP) is 4.95. The van der Waals surface area contributed by atoms with Gasteiger partial charge >= 0.3 is 6.03 Å². The summed E-state index contributed by atoms with van der Waals surface area (Å²) >= 11 is 6.02. The number of carbonyl (C=O) groups is 2. The van der Waals surface area contributed by atoms with Gasteiger partial charge in [0.05, 0.1) is 11.2 Å². The Morgan fingerprint density at radius 1 is 1.02 bits per heavy atom. The van der Waals surface area contributed by atoms with Crippen LogP contribution >= 0.6 is 11.6 Å². The highest BCUT2D eigenvalue weighted by molar-refractivity contribution is 6.31. The van der Waals surface area contributed by atoms with E-state index >= 15 is 0 Å². The lowest BCUT2D eigenvalue weighted by molar-refractivity contribution is -0.120. The van der Waals surface area contributed by atoms with E-state index in [0.29, 0.717) is 43.4 Å². The Bertz CT molecular complexity index is 1660. The molecule has 3 amide bonds. The molecule has 6 rings (SSSR count). The number of nitrogens with zero attached hydrogens (tertiary/aromatic N) is 5. The number of fused-ring (bicyclic) bond motifs is 1. The fraction of sp³-hybridized carbons (Fsp3) is 0.241. The molecule has 4 aromatic rings. The van der Waals surface area contributed by atoms with Crippen LogP contribution in [0.15, 0.2) is 54.9 Å². The maximum atomic E-state index is 14.8. The topological polar surface area (TPSA) is 92.6 Å². The summed E-state index contributed by atoms with van der Waals surface area (Å²) < 4.78 is 36.0. The van der Waals surface area contributed by atoms with Crippen LogP contribution < -0.4 is 15.0 Å². The first kappa shape index (κ1) is 26.9. The van der Waals surface area contributed by atoms with Gasteiger partial charge in [0, 0.05) is 57.0 Å². The smallest absolute Gasteiger partial charge is 0.329 e. The fourth-order valence-corrected chi connectivity index (χ4v) is 5.36. The molecule has 0 radical (unpaired) electrons. The van der Waals surface area contributed by atoms with Crippen molar-refractivity contribution in [1.29, 1.82) is 0 Å². The SMILES string of the molecule is Cn1c(N2CCC(=O)NC2=O)cnc1-c1ccc2c(c1)CN(Cc1cnc(OCc3c(F)cccc3Cl)c(F)c1)C2. The van der Waals surface area contributed by atoms with Gasteiger partial charge in [-0.15, -0.1) is 0 Å². The van der Waals surface area contributed by atoms with Crippen LogP contribution in [0.5, 0.6) is 5.88 Å². The molecule has 41 heavy (non-hydrogen) atoms. The molecule has 2 aromatic carbocycles. The Morgan fingerprint density at radius 3 is 2.63 bits per heavy atom. The minimum absolute atomic E-state index is 0.142. The fourth-order valence-electron chi connectivity index (χ4n) is 5.14. The molecule has 0 bridgehead atoms. The number of benzene rings is 2. The van der Waals surface area contributed by atoms with E-state index in [1.54, 1.807) is 18.5 Å². The third-order valence-electron chi connectivity index (χ3n) is 7.23. The lowest BCUT2D eigenvalue weighted by atomic mass is 10.1. The van der Waals surface area contributed by atoms with Gasteiger partial charge in [-0.2, -0.15) is 0 Å². The molecule has 0 spiro atoms. The number of aromatic nitrogens is 3. The van der Waals surface area contributed by atoms with Crippen molar-refractivity contribution in [2.45, 2.75) is 32.7 Å². The number of imidazole rings is 1. The van der Waals surface area contributed by atoms with Gasteiger partial charge in [0.1, 0.15) is 24.1 Å². The molecule has 1 saturated heterocycles. The number of pyridine rings is 1. The molecular formula is C29H25ClF2N6O3. The number of hydrogen-bond acceptors (Lipinski definition) is 6. The predicted molar refractivity (Wildman–Crippen MR) is 147 cm³/mol. The van der Waals surface area contributed by atoms with Gasteiger partial charge in [0.2, 0.25) is 5.91 Å². The zero-order valence-corrected chi connectivity index (χ0v) is 22.8. The third kappa shape index (κ3) is 5.38. The number of urea groups is 1. The third-order valence-corrected chi connectivity index (χ3v) is 7.59. The van der Waals surface area contributed by atoms with Gasteiger partial charge in [-0.25, -0.2) is 23.5 Å². The number of imide groups is 1. The van der Waals surface area contributed by atoms with Crippen LogP contribution in [0.2, 0.25) is 5.02 Å². The highest BCUT2D eigenvalue weighted by Crippen LogP contribution is 2.31. The van der Waals surface area contributed by atoms with Crippen LogP contribution in [0.1, 0.15) is 28.7 Å². The van der Waals surface area contributed by atoms with Crippen LogP contribution in [-0.4, -0.2) is 37.9 Å². The van der Waals surface area contributed by atoms with Crippen LogP contribution in [0.25, 0.3) is 11.4 Å². The Morgan fingerprint density at radius 2 is 1.85 bits per heavy atom. The first-order valence-electron chi connectivity index (χ1n) is 12.9. The number of nitrogens with one attached hydrogen (secondary N) is 1. The molecule has 2 aromatic heterocycles. The largest absolute Gasteiger partial charge is 0.471 e. The van der Waals surface area contributed by atoms with Crippen molar-refractivity contribution >= 4 is 29.4 Å². The van der Waals surface area contributed by atoms with Crippen molar-refractivity contribution in [2.75, 3.05) is 11.4 Å². The van der Waals surface area contributed by atoms with E-state index in [1.807, 2.05) is 17.7 Å². The van der Waals surface area contributed by atoms with E-state index in [0.717, 1.165) is 16.7 Å². The molecule has 2 aliphatic rings. The number of ether oxygens (including phenoxy) is 1. The van der Waals surface area contributed by atoms with Gasteiger partial charge < -0.3 is 9.30 Å². The quantitative estimate of drug-likeness (QED) is 0.333. The maximum absolute atomic E-state index is 14.8. The van der Waals surface area contributed by atoms with E-state index in [4.69, 9.17) is 16.3 Å². The average molecular weight is 579 g/mol. The minimum Gasteiger partial charge on any atom is -0.471 e. The summed E-state index contributed by atoms with van der Waals surface area (Å²) in [6.07, 6.45) is 3.41. The Kier molecular flexibility index (Phi) is 7.14. The minimum atomic E-state index is -0.633. The second kappa shape index (κ2) is 10.9. The van der Waals surface area contributed by atoms with E-state index < -0.39 is 17.7 Å². The molecule has 9 nitrogen and oxygen atoms in total. The molecule has 210 valence electrons. The molecule has 0 saturated carbocycles. The first-order valence-corrected chi connectivity index (χ1v) is 13.3. The summed E-state index contributed by atoms with van der Waals surface area (Å²) in [6.45, 7) is 1.88. The highest BCUT2D eigenvalue weighted by atomic mass is 35.5. The normalized spacial score (nSPS) is 15.3. The molecule has 4 heterocycles. The Labute approximate surface area is 239 Å². The van der Waals surface area contributed by atoms with E-state index in [-0.39, 0.29) is 35.4 Å². The lowest BCUT2D eigenvalue weighted by Crippen LogP contribution is -2.50. The molecule has 0 unspecified atom stereocenters. The highest BCUT2D eigenvalue weighted by Gasteiger charge is 2.28. The van der Waals surface area contributed by atoms with Crippen molar-refractivity contribution in [3.8, 4) is 17.3 Å². The Hall–Kier alpha value is -4.35. The van der Waals surface area contributed by atoms with Crippen LogP contribution in [0, 0.1) is 11.6 Å². The van der Waals surface area contributed by atoms with Gasteiger partial charge in [-0.3, -0.25) is 19.9 Å². The first-order chi connectivity index (χ1) is 19.8. The lowest BCUT2D eigenvalue weighted by Gasteiger charge is -2.26. The summed E-state index contributed by atoms with van der Waals surface area (Å²) in [7, 11) is 1.83. The van der Waals surface area contributed by atoms with Crippen molar-refractivity contribution in [2.24, 2.45) is 7.05 Å². The summed E-state index contributed by atoms with van der Waals surface area (Å²) in [5.74, 6) is -0.362. The molecule has 0 aliphatic carbocycles. The van der Waals surface area contributed by atoms with Crippen molar-refractivity contribution in [3.05, 3.63) is 93.8 Å². The average Bonchev–Trinajstić information content (AvgIpc) is 3.51. The van der Waals surface area contributed by atoms with Gasteiger partial charge in [-0.05, 0) is 41.0 Å². The van der Waals surface area contributed by atoms with Gasteiger partial charge in [0.15, 0.2) is 5.82 Å². The zero-order valence-electron chi connectivity index (χ0n) is 22.0. The second-order valence-corrected chi connectivity index (χ2v) is 10.4. The summed E-state index contributed by atoms with van der Waals surface area (Å²) in [5.41, 5.74) is 4.01. The second-order valence-electron chi connectivity index (χ2n) is 10.0. The molecule has 1 N–H and O–H groups in total. The van der Waals surface area contributed by atoms with Crippen LogP contribution in [0.4, 0.5) is 19.4 Å². The van der Waals surface area contributed by atoms with Gasteiger partial charge in [-0.1, -0.05) is 29.8 Å². The Balaban J connectivity index is 1.11.